The van der Waals surface area contributed by atoms with Crippen LogP contribution < -0.4 is 10.1 Å². The van der Waals surface area contributed by atoms with Crippen LogP contribution in [0.4, 0.5) is 0 Å². The van der Waals surface area contributed by atoms with Crippen LogP contribution in [0.1, 0.15) is 65.2 Å². The van der Waals surface area contributed by atoms with E-state index >= 15 is 0 Å². The summed E-state index contributed by atoms with van der Waals surface area (Å²) in [4.78, 5) is 48.2. The molecule has 1 saturated heterocycles. The second-order valence-corrected chi connectivity index (χ2v) is 11.8. The van der Waals surface area contributed by atoms with Crippen LogP contribution in [0.5, 0.6) is 5.75 Å². The number of benzene rings is 1. The minimum Gasteiger partial charge on any atom is -0.486 e. The normalized spacial score (nSPS) is 23.8. The highest BCUT2D eigenvalue weighted by Gasteiger charge is 2.51. The SMILES string of the molecule is CC(=O)NC1C(Sc2nnc(COc3ccc(Cl)cc3)n2C2CCCC2)OC(COC(C)=O)C(OC(C)=O)C1OC(C)=O. The van der Waals surface area contributed by atoms with Crippen LogP contribution in [0.3, 0.4) is 0 Å². The first-order valence-corrected chi connectivity index (χ1v) is 15.2. The lowest BCUT2D eigenvalue weighted by Crippen LogP contribution is -2.65. The van der Waals surface area contributed by atoms with Gasteiger partial charge in [0, 0.05) is 38.8 Å². The maximum atomic E-state index is 12.3. The Morgan fingerprint density at radius 2 is 1.63 bits per heavy atom. The molecule has 234 valence electrons. The van der Waals surface area contributed by atoms with E-state index in [0.717, 1.165) is 25.7 Å². The number of hydrogen-bond acceptors (Lipinski definition) is 12. The van der Waals surface area contributed by atoms with Gasteiger partial charge in [-0.2, -0.15) is 0 Å². The number of carbonyl (C=O) groups excluding carboxylic acids is 4. The average molecular weight is 639 g/mol. The van der Waals surface area contributed by atoms with Crippen LogP contribution in [-0.2, 0) is 44.7 Å². The van der Waals surface area contributed by atoms with E-state index in [0.29, 0.717) is 21.8 Å². The van der Waals surface area contributed by atoms with E-state index in [1.54, 1.807) is 24.3 Å². The van der Waals surface area contributed by atoms with Gasteiger partial charge in [-0.05, 0) is 37.1 Å². The third-order valence-electron chi connectivity index (χ3n) is 6.90. The van der Waals surface area contributed by atoms with Gasteiger partial charge in [0.25, 0.3) is 0 Å². The molecule has 2 aromatic rings. The maximum absolute atomic E-state index is 12.3. The predicted molar refractivity (Wildman–Crippen MR) is 153 cm³/mol. The Morgan fingerprint density at radius 1 is 0.977 bits per heavy atom. The van der Waals surface area contributed by atoms with Crippen molar-refractivity contribution in [3.8, 4) is 5.75 Å². The number of rotatable bonds is 11. The smallest absolute Gasteiger partial charge is 0.303 e. The number of hydrogen-bond donors (Lipinski definition) is 1. The second kappa shape index (κ2) is 14.9. The van der Waals surface area contributed by atoms with Crippen LogP contribution in [-0.4, -0.2) is 75.0 Å². The fourth-order valence-electron chi connectivity index (χ4n) is 5.19. The third-order valence-corrected chi connectivity index (χ3v) is 8.28. The minimum atomic E-state index is -1.18. The summed E-state index contributed by atoms with van der Waals surface area (Å²) in [5.74, 6) is -1.11. The van der Waals surface area contributed by atoms with Gasteiger partial charge in [-0.25, -0.2) is 0 Å². The third kappa shape index (κ3) is 8.83. The van der Waals surface area contributed by atoms with Gasteiger partial charge < -0.3 is 29.0 Å². The largest absolute Gasteiger partial charge is 0.486 e. The number of ether oxygens (including phenoxy) is 5. The summed E-state index contributed by atoms with van der Waals surface area (Å²) in [5.41, 5.74) is -0.907. The molecule has 0 spiro atoms. The average Bonchev–Trinajstić information content (AvgIpc) is 3.59. The first kappa shape index (κ1) is 32.6. The molecule has 1 amide bonds. The topological polar surface area (TPSA) is 157 Å². The van der Waals surface area contributed by atoms with Crippen LogP contribution in [0.15, 0.2) is 29.4 Å². The van der Waals surface area contributed by atoms with E-state index in [-0.39, 0.29) is 19.3 Å². The van der Waals surface area contributed by atoms with E-state index in [4.69, 9.17) is 35.3 Å². The zero-order valence-corrected chi connectivity index (χ0v) is 25.9. The number of amides is 1. The molecule has 2 heterocycles. The standard InChI is InChI=1S/C28H35ClN4O9S/c1-15(34)30-24-26(41-18(4)37)25(40-17(3)36)22(13-38-16(2)35)42-27(24)43-28-32-31-23(33(28)20-7-5-6-8-20)14-39-21-11-9-19(29)10-12-21/h9-12,20,22,24-27H,5-8,13-14H2,1-4H3,(H,30,34). The Kier molecular flexibility index (Phi) is 11.3. The summed E-state index contributed by atoms with van der Waals surface area (Å²) in [7, 11) is 0. The molecule has 5 unspecified atom stereocenters. The Hall–Kier alpha value is -3.36. The molecule has 1 saturated carbocycles. The van der Waals surface area contributed by atoms with E-state index < -0.39 is 53.6 Å². The lowest BCUT2D eigenvalue weighted by atomic mass is 9.97. The number of nitrogens with one attached hydrogen (secondary N) is 1. The summed E-state index contributed by atoms with van der Waals surface area (Å²) in [5, 5.41) is 12.8. The van der Waals surface area contributed by atoms with Crippen molar-refractivity contribution in [3.63, 3.8) is 0 Å². The predicted octanol–water partition coefficient (Wildman–Crippen LogP) is 3.37. The molecule has 15 heteroatoms. The van der Waals surface area contributed by atoms with Gasteiger partial charge in [0.1, 0.15) is 36.5 Å². The molecule has 1 N–H and O–H groups in total. The highest BCUT2D eigenvalue weighted by Crippen LogP contribution is 2.39. The molecule has 43 heavy (non-hydrogen) atoms. The zero-order valence-electron chi connectivity index (χ0n) is 24.3. The number of thioether (sulfide) groups is 1. The van der Waals surface area contributed by atoms with Crippen molar-refractivity contribution in [1.29, 1.82) is 0 Å². The van der Waals surface area contributed by atoms with Crippen molar-refractivity contribution in [2.75, 3.05) is 6.61 Å². The van der Waals surface area contributed by atoms with E-state index in [1.807, 2.05) is 4.57 Å². The number of carbonyl (C=O) groups is 4. The van der Waals surface area contributed by atoms with Crippen molar-refractivity contribution in [3.05, 3.63) is 35.1 Å². The van der Waals surface area contributed by atoms with E-state index in [2.05, 4.69) is 15.5 Å². The monoisotopic (exact) mass is 638 g/mol. The first-order valence-electron chi connectivity index (χ1n) is 13.9. The van der Waals surface area contributed by atoms with Crippen LogP contribution in [0, 0.1) is 0 Å². The Balaban J connectivity index is 1.68. The lowest BCUT2D eigenvalue weighted by molar-refractivity contribution is -0.211. The van der Waals surface area contributed by atoms with Gasteiger partial charge >= 0.3 is 17.9 Å². The van der Waals surface area contributed by atoms with Crippen molar-refractivity contribution >= 4 is 47.2 Å². The summed E-state index contributed by atoms with van der Waals surface area (Å²) in [6.45, 7) is 4.80. The highest BCUT2D eigenvalue weighted by molar-refractivity contribution is 7.99. The van der Waals surface area contributed by atoms with Gasteiger partial charge in [0.05, 0.1) is 0 Å². The first-order chi connectivity index (χ1) is 20.5. The molecule has 1 aliphatic carbocycles. The van der Waals surface area contributed by atoms with Gasteiger partial charge in [-0.15, -0.1) is 10.2 Å². The van der Waals surface area contributed by atoms with Gasteiger partial charge in [-0.1, -0.05) is 36.2 Å². The fraction of sp³-hybridized carbons (Fsp3) is 0.571. The Morgan fingerprint density at radius 3 is 2.23 bits per heavy atom. The minimum absolute atomic E-state index is 0.110. The van der Waals surface area contributed by atoms with Gasteiger partial charge in [0.15, 0.2) is 23.2 Å². The number of halogens is 1. The summed E-state index contributed by atoms with van der Waals surface area (Å²) in [6, 6.07) is 6.14. The van der Waals surface area contributed by atoms with Gasteiger partial charge in [0.2, 0.25) is 5.91 Å². The number of nitrogens with zero attached hydrogens (tertiary/aromatic N) is 3. The van der Waals surface area contributed by atoms with Crippen molar-refractivity contribution in [1.82, 2.24) is 20.1 Å². The quantitative estimate of drug-likeness (QED) is 0.283. The molecule has 5 atom stereocenters. The molecule has 4 rings (SSSR count). The van der Waals surface area contributed by atoms with Crippen LogP contribution >= 0.6 is 23.4 Å². The molecule has 13 nitrogen and oxygen atoms in total. The van der Waals surface area contributed by atoms with E-state index in [1.165, 1.54) is 39.5 Å². The highest BCUT2D eigenvalue weighted by atomic mass is 35.5. The molecular formula is C28H35ClN4O9S. The molecule has 1 aliphatic heterocycles. The van der Waals surface area contributed by atoms with Crippen molar-refractivity contribution in [2.24, 2.45) is 0 Å². The second-order valence-electron chi connectivity index (χ2n) is 10.3. The number of aromatic nitrogens is 3. The Labute approximate surface area is 258 Å². The van der Waals surface area contributed by atoms with Crippen molar-refractivity contribution < 1.29 is 42.9 Å². The molecule has 0 radical (unpaired) electrons. The van der Waals surface area contributed by atoms with E-state index in [9.17, 15) is 19.2 Å². The zero-order chi connectivity index (χ0) is 31.1. The molecule has 1 aromatic carbocycles. The fourth-order valence-corrected chi connectivity index (χ4v) is 6.55. The summed E-state index contributed by atoms with van der Waals surface area (Å²) >= 11 is 7.17. The van der Waals surface area contributed by atoms with Crippen molar-refractivity contribution in [2.45, 2.75) is 101 Å². The molecule has 2 aliphatic rings. The summed E-state index contributed by atoms with van der Waals surface area (Å²) < 4.78 is 30.6. The number of esters is 3. The molecule has 0 bridgehead atoms. The van der Waals surface area contributed by atoms with Crippen LogP contribution in [0.25, 0.3) is 0 Å². The van der Waals surface area contributed by atoms with Gasteiger partial charge in [-0.3, -0.25) is 23.7 Å². The molecule has 1 aromatic heterocycles. The van der Waals surface area contributed by atoms with Crippen LogP contribution in [0.2, 0.25) is 5.02 Å². The Bertz CT molecular complexity index is 1300. The lowest BCUT2D eigenvalue weighted by Gasteiger charge is -2.44. The molecule has 2 fully saturated rings. The summed E-state index contributed by atoms with van der Waals surface area (Å²) in [6.07, 6.45) is 0.567. The molecular weight excluding hydrogens is 604 g/mol. The maximum Gasteiger partial charge on any atom is 0.303 e.